The minimum absolute atomic E-state index is 0.233. The molecule has 0 saturated heterocycles. The maximum atomic E-state index is 5.30. The molecule has 0 amide bonds. The third-order valence-corrected chi connectivity index (χ3v) is 1.40. The Morgan fingerprint density at radius 2 is 2.10 bits per heavy atom. The lowest BCUT2D eigenvalue weighted by Gasteiger charge is -2.08. The van der Waals surface area contributed by atoms with Gasteiger partial charge in [0.25, 0.3) is 0 Å². The van der Waals surface area contributed by atoms with Gasteiger partial charge in [0.15, 0.2) is 0 Å². The van der Waals surface area contributed by atoms with Crippen LogP contribution in [-0.4, -0.2) is 26.4 Å². The molecule has 10 heavy (non-hydrogen) atoms. The fraction of sp³-hybridized carbons (Fsp3) is 1.00. The lowest BCUT2D eigenvalue weighted by molar-refractivity contribution is 0.0177. The van der Waals surface area contributed by atoms with Gasteiger partial charge in [-0.2, -0.15) is 0 Å². The summed E-state index contributed by atoms with van der Waals surface area (Å²) in [5.41, 5.74) is 0. The number of rotatable bonds is 6. The van der Waals surface area contributed by atoms with Gasteiger partial charge in [0.1, 0.15) is 0 Å². The molecule has 1 atom stereocenters. The molecule has 0 radical (unpaired) electrons. The Hall–Kier alpha value is -0.0800. The highest BCUT2D eigenvalue weighted by atomic mass is 16.5. The summed E-state index contributed by atoms with van der Waals surface area (Å²) in [6.45, 7) is 5.75. The summed E-state index contributed by atoms with van der Waals surface area (Å²) in [4.78, 5) is 0. The van der Waals surface area contributed by atoms with E-state index in [0.29, 0.717) is 0 Å². The predicted molar refractivity (Wildman–Crippen MR) is 42.2 cm³/mol. The Balaban J connectivity index is 2.89. The first-order chi connectivity index (χ1) is 4.81. The van der Waals surface area contributed by atoms with E-state index in [1.165, 1.54) is 6.42 Å². The van der Waals surface area contributed by atoms with Crippen molar-refractivity contribution in [3.8, 4) is 0 Å². The lowest BCUT2D eigenvalue weighted by Crippen LogP contribution is -2.13. The molecule has 0 spiro atoms. The van der Waals surface area contributed by atoms with Crippen LogP contribution in [0.3, 0.4) is 0 Å². The first kappa shape index (κ1) is 9.92. The average molecular weight is 146 g/mol. The van der Waals surface area contributed by atoms with Crippen LogP contribution in [0.5, 0.6) is 0 Å². The number of hydrogen-bond donors (Lipinski definition) is 0. The molecule has 0 rings (SSSR count). The summed E-state index contributed by atoms with van der Waals surface area (Å²) in [6.07, 6.45) is 2.58. The van der Waals surface area contributed by atoms with Crippen LogP contribution < -0.4 is 0 Å². The maximum absolute atomic E-state index is 5.30. The Morgan fingerprint density at radius 1 is 1.40 bits per heavy atom. The van der Waals surface area contributed by atoms with Gasteiger partial charge in [-0.3, -0.25) is 0 Å². The van der Waals surface area contributed by atoms with Gasteiger partial charge in [0.2, 0.25) is 0 Å². The van der Waals surface area contributed by atoms with E-state index in [1.54, 1.807) is 7.11 Å². The molecule has 0 aromatic rings. The van der Waals surface area contributed by atoms with Gasteiger partial charge in [0, 0.05) is 13.7 Å². The van der Waals surface area contributed by atoms with Crippen molar-refractivity contribution in [2.75, 3.05) is 20.3 Å². The molecule has 2 nitrogen and oxygen atoms in total. The molecule has 0 aromatic heterocycles. The SMILES string of the molecule is CCCCOCC(C)OC. The van der Waals surface area contributed by atoms with Gasteiger partial charge in [0.05, 0.1) is 12.7 Å². The summed E-state index contributed by atoms with van der Waals surface area (Å²) in [7, 11) is 1.70. The minimum Gasteiger partial charge on any atom is -0.379 e. The van der Waals surface area contributed by atoms with Gasteiger partial charge in [-0.05, 0) is 13.3 Å². The van der Waals surface area contributed by atoms with Crippen LogP contribution in [0.25, 0.3) is 0 Å². The van der Waals surface area contributed by atoms with Crippen molar-refractivity contribution in [1.82, 2.24) is 0 Å². The normalized spacial score (nSPS) is 13.5. The van der Waals surface area contributed by atoms with Crippen molar-refractivity contribution in [3.63, 3.8) is 0 Å². The zero-order chi connectivity index (χ0) is 7.82. The van der Waals surface area contributed by atoms with E-state index in [4.69, 9.17) is 9.47 Å². The van der Waals surface area contributed by atoms with Crippen molar-refractivity contribution >= 4 is 0 Å². The fourth-order valence-electron chi connectivity index (χ4n) is 0.564. The molecular weight excluding hydrogens is 128 g/mol. The molecule has 0 aliphatic heterocycles. The van der Waals surface area contributed by atoms with Gasteiger partial charge in [-0.25, -0.2) is 0 Å². The minimum atomic E-state index is 0.233. The number of hydrogen-bond acceptors (Lipinski definition) is 2. The molecular formula is C8H18O2. The van der Waals surface area contributed by atoms with Crippen LogP contribution in [0.15, 0.2) is 0 Å². The molecule has 0 aliphatic carbocycles. The van der Waals surface area contributed by atoms with E-state index in [0.717, 1.165) is 19.6 Å². The third kappa shape index (κ3) is 6.05. The quantitative estimate of drug-likeness (QED) is 0.532. The van der Waals surface area contributed by atoms with Gasteiger partial charge in [-0.1, -0.05) is 13.3 Å². The Kier molecular flexibility index (Phi) is 6.98. The summed E-state index contributed by atoms with van der Waals surface area (Å²) >= 11 is 0. The molecule has 0 heterocycles. The summed E-state index contributed by atoms with van der Waals surface area (Å²) in [5, 5.41) is 0. The monoisotopic (exact) mass is 146 g/mol. The second kappa shape index (κ2) is 7.03. The zero-order valence-electron chi connectivity index (χ0n) is 7.22. The molecule has 0 fully saturated rings. The van der Waals surface area contributed by atoms with E-state index in [2.05, 4.69) is 6.92 Å². The average Bonchev–Trinajstić information content (AvgIpc) is 1.98. The van der Waals surface area contributed by atoms with Gasteiger partial charge in [-0.15, -0.1) is 0 Å². The Bertz CT molecular complexity index is 64.3. The first-order valence-electron chi connectivity index (χ1n) is 3.91. The summed E-state index contributed by atoms with van der Waals surface area (Å²) in [6, 6.07) is 0. The van der Waals surface area contributed by atoms with Crippen LogP contribution in [0.4, 0.5) is 0 Å². The lowest BCUT2D eigenvalue weighted by atomic mass is 10.3. The largest absolute Gasteiger partial charge is 0.379 e. The molecule has 0 aromatic carbocycles. The number of unbranched alkanes of at least 4 members (excludes halogenated alkanes) is 1. The summed E-state index contributed by atoms with van der Waals surface area (Å²) < 4.78 is 10.3. The maximum Gasteiger partial charge on any atom is 0.0776 e. The van der Waals surface area contributed by atoms with Crippen LogP contribution in [0.2, 0.25) is 0 Å². The first-order valence-corrected chi connectivity index (χ1v) is 3.91. The molecule has 0 aliphatic rings. The van der Waals surface area contributed by atoms with Crippen LogP contribution >= 0.6 is 0 Å². The van der Waals surface area contributed by atoms with Crippen LogP contribution in [-0.2, 0) is 9.47 Å². The van der Waals surface area contributed by atoms with Crippen molar-refractivity contribution < 1.29 is 9.47 Å². The summed E-state index contributed by atoms with van der Waals surface area (Å²) in [5.74, 6) is 0. The molecule has 1 unspecified atom stereocenters. The topological polar surface area (TPSA) is 18.5 Å². The third-order valence-electron chi connectivity index (χ3n) is 1.40. The standard InChI is InChI=1S/C8H18O2/c1-4-5-6-10-7-8(2)9-3/h8H,4-7H2,1-3H3. The molecule has 2 heteroatoms. The van der Waals surface area contributed by atoms with Crippen LogP contribution in [0, 0.1) is 0 Å². The van der Waals surface area contributed by atoms with Gasteiger partial charge >= 0.3 is 0 Å². The highest BCUT2D eigenvalue weighted by Gasteiger charge is 1.96. The predicted octanol–water partition coefficient (Wildman–Crippen LogP) is 1.84. The van der Waals surface area contributed by atoms with Crippen molar-refractivity contribution in [1.29, 1.82) is 0 Å². The van der Waals surface area contributed by atoms with E-state index in [9.17, 15) is 0 Å². The molecule has 0 saturated carbocycles. The smallest absolute Gasteiger partial charge is 0.0776 e. The van der Waals surface area contributed by atoms with Crippen molar-refractivity contribution in [2.24, 2.45) is 0 Å². The van der Waals surface area contributed by atoms with Gasteiger partial charge < -0.3 is 9.47 Å². The van der Waals surface area contributed by atoms with Crippen LogP contribution in [0.1, 0.15) is 26.7 Å². The van der Waals surface area contributed by atoms with E-state index >= 15 is 0 Å². The van der Waals surface area contributed by atoms with E-state index in [1.807, 2.05) is 6.92 Å². The highest BCUT2D eigenvalue weighted by molar-refractivity contribution is 4.44. The van der Waals surface area contributed by atoms with E-state index in [-0.39, 0.29) is 6.10 Å². The second-order valence-corrected chi connectivity index (χ2v) is 2.47. The van der Waals surface area contributed by atoms with Crippen molar-refractivity contribution in [3.05, 3.63) is 0 Å². The Morgan fingerprint density at radius 3 is 2.60 bits per heavy atom. The molecule has 0 N–H and O–H groups in total. The van der Waals surface area contributed by atoms with E-state index < -0.39 is 0 Å². The Labute approximate surface area is 63.5 Å². The molecule has 0 bridgehead atoms. The fourth-order valence-corrected chi connectivity index (χ4v) is 0.564. The zero-order valence-corrected chi connectivity index (χ0v) is 7.22. The highest BCUT2D eigenvalue weighted by Crippen LogP contribution is 1.92. The number of methoxy groups -OCH3 is 1. The second-order valence-electron chi connectivity index (χ2n) is 2.47. The number of ether oxygens (including phenoxy) is 2. The molecule has 62 valence electrons. The van der Waals surface area contributed by atoms with Crippen molar-refractivity contribution in [2.45, 2.75) is 32.8 Å².